The number of hydrogen-bond acceptors (Lipinski definition) is 5. The van der Waals surface area contributed by atoms with Crippen LogP contribution in [-0.2, 0) is 0 Å². The number of pyridine rings is 1. The second-order valence-electron chi connectivity index (χ2n) is 2.28. The minimum atomic E-state index is 0.451. The lowest BCUT2D eigenvalue weighted by Crippen LogP contribution is -1.83. The van der Waals surface area contributed by atoms with E-state index in [9.17, 15) is 0 Å². The first-order valence-corrected chi connectivity index (χ1v) is 5.08. The van der Waals surface area contributed by atoms with Gasteiger partial charge in [0.25, 0.3) is 0 Å². The highest BCUT2D eigenvalue weighted by molar-refractivity contribution is 9.10. The van der Waals surface area contributed by atoms with Gasteiger partial charge in [0.15, 0.2) is 5.01 Å². The third-order valence-corrected chi connectivity index (χ3v) is 2.80. The fourth-order valence-electron chi connectivity index (χ4n) is 0.873. The van der Waals surface area contributed by atoms with E-state index in [1.807, 2.05) is 12.1 Å². The maximum Gasteiger partial charge on any atom is 0.203 e. The van der Waals surface area contributed by atoms with Crippen LogP contribution < -0.4 is 5.73 Å². The van der Waals surface area contributed by atoms with Gasteiger partial charge in [-0.05, 0) is 28.1 Å². The van der Waals surface area contributed by atoms with Gasteiger partial charge in [0.2, 0.25) is 5.13 Å². The molecular weight excluding hydrogens is 252 g/mol. The van der Waals surface area contributed by atoms with Crippen LogP contribution in [-0.4, -0.2) is 15.2 Å². The molecule has 4 nitrogen and oxygen atoms in total. The SMILES string of the molecule is Nc1nnc(-c2ncccc2Br)s1. The molecule has 0 amide bonds. The molecule has 2 N–H and O–H groups in total. The molecule has 0 aromatic carbocycles. The summed E-state index contributed by atoms with van der Waals surface area (Å²) in [6.45, 7) is 0. The molecule has 66 valence electrons. The Morgan fingerprint density at radius 3 is 2.85 bits per heavy atom. The van der Waals surface area contributed by atoms with Crippen LogP contribution in [0.15, 0.2) is 22.8 Å². The number of nitrogen functional groups attached to an aromatic ring is 1. The van der Waals surface area contributed by atoms with Gasteiger partial charge in [-0.1, -0.05) is 11.3 Å². The van der Waals surface area contributed by atoms with Gasteiger partial charge in [0.05, 0.1) is 0 Å². The van der Waals surface area contributed by atoms with Gasteiger partial charge in [-0.2, -0.15) is 0 Å². The lowest BCUT2D eigenvalue weighted by Gasteiger charge is -1.95. The minimum Gasteiger partial charge on any atom is -0.374 e. The summed E-state index contributed by atoms with van der Waals surface area (Å²) in [5.41, 5.74) is 6.24. The molecule has 2 heterocycles. The van der Waals surface area contributed by atoms with Gasteiger partial charge in [-0.25, -0.2) is 0 Å². The fraction of sp³-hybridized carbons (Fsp3) is 0. The summed E-state index contributed by atoms with van der Waals surface area (Å²) in [6, 6.07) is 3.75. The van der Waals surface area contributed by atoms with Crippen molar-refractivity contribution >= 4 is 32.4 Å². The number of rotatable bonds is 1. The molecule has 0 bridgehead atoms. The van der Waals surface area contributed by atoms with E-state index in [1.165, 1.54) is 11.3 Å². The lowest BCUT2D eigenvalue weighted by molar-refractivity contribution is 1.09. The molecule has 0 aliphatic heterocycles. The molecule has 13 heavy (non-hydrogen) atoms. The molecule has 0 saturated carbocycles. The van der Waals surface area contributed by atoms with E-state index in [-0.39, 0.29) is 0 Å². The van der Waals surface area contributed by atoms with E-state index in [2.05, 4.69) is 31.1 Å². The molecule has 0 radical (unpaired) electrons. The molecule has 0 aliphatic rings. The van der Waals surface area contributed by atoms with E-state index in [0.29, 0.717) is 5.13 Å². The van der Waals surface area contributed by atoms with Crippen LogP contribution in [0, 0.1) is 0 Å². The zero-order chi connectivity index (χ0) is 9.26. The average Bonchev–Trinajstić information content (AvgIpc) is 2.53. The molecule has 2 aromatic rings. The summed E-state index contributed by atoms with van der Waals surface area (Å²) in [7, 11) is 0. The molecular formula is C7H5BrN4S. The van der Waals surface area contributed by atoms with Crippen molar-refractivity contribution in [1.29, 1.82) is 0 Å². The molecule has 0 unspecified atom stereocenters. The monoisotopic (exact) mass is 256 g/mol. The standard InChI is InChI=1S/C7H5BrN4S/c8-4-2-1-3-10-5(4)6-11-12-7(9)13-6/h1-3H,(H2,9,12). The van der Waals surface area contributed by atoms with Gasteiger partial charge >= 0.3 is 0 Å². The number of nitrogens with zero attached hydrogens (tertiary/aromatic N) is 3. The Bertz CT molecular complexity index is 428. The van der Waals surface area contributed by atoms with Crippen LogP contribution in [0.4, 0.5) is 5.13 Å². The number of aromatic nitrogens is 3. The summed E-state index contributed by atoms with van der Waals surface area (Å²) in [5.74, 6) is 0. The van der Waals surface area contributed by atoms with Crippen molar-refractivity contribution in [2.24, 2.45) is 0 Å². The van der Waals surface area contributed by atoms with Crippen LogP contribution in [0.1, 0.15) is 0 Å². The van der Waals surface area contributed by atoms with Crippen LogP contribution in [0.3, 0.4) is 0 Å². The highest BCUT2D eigenvalue weighted by Crippen LogP contribution is 2.28. The Morgan fingerprint density at radius 1 is 1.38 bits per heavy atom. The predicted octanol–water partition coefficient (Wildman–Crippen LogP) is 1.94. The Kier molecular flexibility index (Phi) is 2.24. The highest BCUT2D eigenvalue weighted by Gasteiger charge is 2.08. The number of nitrogens with two attached hydrogens (primary N) is 1. The molecule has 0 saturated heterocycles. The van der Waals surface area contributed by atoms with Gasteiger partial charge in [-0.3, -0.25) is 4.98 Å². The number of anilines is 1. The molecule has 2 rings (SSSR count). The van der Waals surface area contributed by atoms with Crippen molar-refractivity contribution in [3.05, 3.63) is 22.8 Å². The summed E-state index contributed by atoms with van der Waals surface area (Å²) in [4.78, 5) is 4.17. The molecule has 6 heteroatoms. The second kappa shape index (κ2) is 3.39. The first-order chi connectivity index (χ1) is 6.27. The van der Waals surface area contributed by atoms with Crippen LogP contribution in [0.25, 0.3) is 10.7 Å². The Labute approximate surface area is 87.0 Å². The van der Waals surface area contributed by atoms with Crippen molar-refractivity contribution in [2.75, 3.05) is 5.73 Å². The smallest absolute Gasteiger partial charge is 0.203 e. The average molecular weight is 257 g/mol. The fourth-order valence-corrected chi connectivity index (χ4v) is 2.07. The van der Waals surface area contributed by atoms with Crippen LogP contribution in [0.5, 0.6) is 0 Å². The van der Waals surface area contributed by atoms with E-state index in [1.54, 1.807) is 6.20 Å². The third-order valence-electron chi connectivity index (χ3n) is 1.40. The zero-order valence-corrected chi connectivity index (χ0v) is 8.84. The Hall–Kier alpha value is -1.01. The zero-order valence-electron chi connectivity index (χ0n) is 6.44. The van der Waals surface area contributed by atoms with E-state index < -0.39 is 0 Å². The summed E-state index contributed by atoms with van der Waals surface area (Å²) in [5, 5.41) is 8.80. The van der Waals surface area contributed by atoms with Gasteiger partial charge in [0.1, 0.15) is 5.69 Å². The maximum absolute atomic E-state index is 5.47. The Morgan fingerprint density at radius 2 is 2.23 bits per heavy atom. The second-order valence-corrected chi connectivity index (χ2v) is 4.14. The summed E-state index contributed by atoms with van der Waals surface area (Å²) in [6.07, 6.45) is 1.71. The van der Waals surface area contributed by atoms with Crippen molar-refractivity contribution in [3.63, 3.8) is 0 Å². The van der Waals surface area contributed by atoms with E-state index in [0.717, 1.165) is 15.2 Å². The van der Waals surface area contributed by atoms with Gasteiger partial charge in [0, 0.05) is 10.7 Å². The summed E-state index contributed by atoms with van der Waals surface area (Å²) >= 11 is 4.70. The van der Waals surface area contributed by atoms with Crippen molar-refractivity contribution in [2.45, 2.75) is 0 Å². The van der Waals surface area contributed by atoms with E-state index >= 15 is 0 Å². The van der Waals surface area contributed by atoms with Gasteiger partial charge < -0.3 is 5.73 Å². The Balaban J connectivity index is 2.52. The van der Waals surface area contributed by atoms with E-state index in [4.69, 9.17) is 5.73 Å². The van der Waals surface area contributed by atoms with Crippen molar-refractivity contribution < 1.29 is 0 Å². The van der Waals surface area contributed by atoms with Crippen LogP contribution in [0.2, 0.25) is 0 Å². The molecule has 0 fully saturated rings. The van der Waals surface area contributed by atoms with Crippen molar-refractivity contribution in [1.82, 2.24) is 15.2 Å². The number of hydrogen-bond donors (Lipinski definition) is 1. The summed E-state index contributed by atoms with van der Waals surface area (Å²) < 4.78 is 0.895. The minimum absolute atomic E-state index is 0.451. The van der Waals surface area contributed by atoms with Crippen molar-refractivity contribution in [3.8, 4) is 10.7 Å². The molecule has 0 spiro atoms. The van der Waals surface area contributed by atoms with Crippen LogP contribution >= 0.6 is 27.3 Å². The number of halogens is 1. The highest BCUT2D eigenvalue weighted by atomic mass is 79.9. The maximum atomic E-state index is 5.47. The predicted molar refractivity (Wildman–Crippen MR) is 55.3 cm³/mol. The lowest BCUT2D eigenvalue weighted by atomic mass is 10.4. The topological polar surface area (TPSA) is 64.7 Å². The largest absolute Gasteiger partial charge is 0.374 e. The van der Waals surface area contributed by atoms with Gasteiger partial charge in [-0.15, -0.1) is 10.2 Å². The molecule has 0 aliphatic carbocycles. The first-order valence-electron chi connectivity index (χ1n) is 3.47. The third kappa shape index (κ3) is 1.68. The first kappa shape index (κ1) is 8.58. The normalized spacial score (nSPS) is 10.2. The molecule has 0 atom stereocenters. The molecule has 2 aromatic heterocycles. The quantitative estimate of drug-likeness (QED) is 0.847.